The number of piperidine rings is 1. The quantitative estimate of drug-likeness (QED) is 0.111. The van der Waals surface area contributed by atoms with Crippen molar-refractivity contribution in [2.75, 3.05) is 33.4 Å². The Hall–Kier alpha value is -4.18. The van der Waals surface area contributed by atoms with E-state index in [0.29, 0.717) is 39.5 Å². The molecule has 3 aromatic carbocycles. The molecule has 2 unspecified atom stereocenters. The number of carbonyl (C=O) groups is 1. The van der Waals surface area contributed by atoms with Gasteiger partial charge in [0, 0.05) is 42.2 Å². The van der Waals surface area contributed by atoms with Crippen molar-refractivity contribution in [1.82, 2.24) is 10.0 Å². The van der Waals surface area contributed by atoms with Crippen molar-refractivity contribution in [3.05, 3.63) is 102 Å². The number of fused-ring (bicyclic) bond motifs is 1. The lowest BCUT2D eigenvalue weighted by Crippen LogP contribution is -2.45. The summed E-state index contributed by atoms with van der Waals surface area (Å²) >= 11 is 0. The van der Waals surface area contributed by atoms with Crippen LogP contribution in [0, 0.1) is 0 Å². The normalized spacial score (nSPS) is 17.0. The number of hydrogen-bond donors (Lipinski definition) is 0. The van der Waals surface area contributed by atoms with Crippen LogP contribution in [0.25, 0.3) is 10.8 Å². The fourth-order valence-corrected chi connectivity index (χ4v) is 5.49. The van der Waals surface area contributed by atoms with Crippen LogP contribution in [0.3, 0.4) is 0 Å². The number of pyridine rings is 1. The van der Waals surface area contributed by atoms with E-state index in [1.54, 1.807) is 18.4 Å². The van der Waals surface area contributed by atoms with E-state index >= 15 is 0 Å². The Morgan fingerprint density at radius 3 is 2.59 bits per heavy atom. The fraction of sp³-hybridized carbons (Fsp3) is 0.405. The van der Waals surface area contributed by atoms with E-state index in [0.717, 1.165) is 51.8 Å². The van der Waals surface area contributed by atoms with Gasteiger partial charge in [-0.25, -0.2) is 4.79 Å². The van der Waals surface area contributed by atoms with Gasteiger partial charge in [-0.2, -0.15) is 0 Å². The van der Waals surface area contributed by atoms with Gasteiger partial charge in [0.05, 0.1) is 46.2 Å². The van der Waals surface area contributed by atoms with Gasteiger partial charge in [-0.15, -0.1) is 5.06 Å². The molecule has 0 aliphatic carbocycles. The van der Waals surface area contributed by atoms with E-state index in [4.69, 9.17) is 28.5 Å². The third-order valence-electron chi connectivity index (χ3n) is 7.74. The molecule has 0 spiro atoms. The summed E-state index contributed by atoms with van der Waals surface area (Å²) in [6.07, 6.45) is 4.25. The Morgan fingerprint density at radius 2 is 1.78 bits per heavy atom. The van der Waals surface area contributed by atoms with Gasteiger partial charge in [0.15, 0.2) is 0 Å². The van der Waals surface area contributed by atoms with E-state index in [1.807, 2.05) is 69.4 Å². The second kappa shape index (κ2) is 15.9. The molecule has 0 N–H and O–H groups in total. The number of methoxy groups -OCH3 is 1. The molecule has 1 fully saturated rings. The molecule has 0 radical (unpaired) electrons. The Balaban J connectivity index is 1.16. The lowest BCUT2D eigenvalue weighted by Gasteiger charge is -2.37. The largest absolute Gasteiger partial charge is 0.528 e. The Bertz CT molecular complexity index is 1550. The first kappa shape index (κ1) is 33.2. The molecular formula is C37H44N2O7. The summed E-state index contributed by atoms with van der Waals surface area (Å²) in [7, 11) is 1.67. The molecule has 0 saturated carbocycles. The van der Waals surface area contributed by atoms with Crippen LogP contribution in [-0.4, -0.2) is 61.3 Å². The summed E-state index contributed by atoms with van der Waals surface area (Å²) in [6.45, 7) is 8.51. The van der Waals surface area contributed by atoms with Gasteiger partial charge in [0.1, 0.15) is 17.1 Å². The van der Waals surface area contributed by atoms with Crippen LogP contribution in [0.1, 0.15) is 56.2 Å². The number of carbonyl (C=O) groups excluding carboxylic acids is 1. The maximum Gasteiger partial charge on any atom is 0.528 e. The first-order valence-corrected chi connectivity index (χ1v) is 15.8. The van der Waals surface area contributed by atoms with Crippen molar-refractivity contribution in [3.63, 3.8) is 0 Å². The van der Waals surface area contributed by atoms with E-state index in [9.17, 15) is 4.79 Å². The van der Waals surface area contributed by atoms with Crippen LogP contribution in [0.4, 0.5) is 4.79 Å². The third kappa shape index (κ3) is 9.66. The van der Waals surface area contributed by atoms with Gasteiger partial charge in [0.2, 0.25) is 0 Å². The van der Waals surface area contributed by atoms with E-state index in [-0.39, 0.29) is 12.0 Å². The van der Waals surface area contributed by atoms with Crippen LogP contribution in [-0.2, 0) is 32.3 Å². The number of ether oxygens (including phenoxy) is 5. The second-order valence-corrected chi connectivity index (χ2v) is 12.4. The van der Waals surface area contributed by atoms with Crippen molar-refractivity contribution in [1.29, 1.82) is 0 Å². The summed E-state index contributed by atoms with van der Waals surface area (Å²) < 4.78 is 29.1. The highest BCUT2D eigenvalue weighted by Gasteiger charge is 2.34. The van der Waals surface area contributed by atoms with Crippen LogP contribution < -0.4 is 9.47 Å². The fourth-order valence-electron chi connectivity index (χ4n) is 5.49. The van der Waals surface area contributed by atoms with Crippen LogP contribution in [0.2, 0.25) is 0 Å². The summed E-state index contributed by atoms with van der Waals surface area (Å²) in [6, 6.07) is 24.3. The van der Waals surface area contributed by atoms with Crippen LogP contribution in [0.5, 0.6) is 11.5 Å². The van der Waals surface area contributed by atoms with Gasteiger partial charge < -0.3 is 28.5 Å². The second-order valence-electron chi connectivity index (χ2n) is 12.4. The summed E-state index contributed by atoms with van der Waals surface area (Å²) in [5.74, 6) is 1.75. The molecule has 0 bridgehead atoms. The molecule has 4 aromatic rings. The highest BCUT2D eigenvalue weighted by Crippen LogP contribution is 2.33. The number of nitrogens with zero attached hydrogens (tertiary/aromatic N) is 2. The predicted molar refractivity (Wildman–Crippen MR) is 176 cm³/mol. The van der Waals surface area contributed by atoms with Gasteiger partial charge >= 0.3 is 6.16 Å². The molecule has 2 heterocycles. The van der Waals surface area contributed by atoms with Crippen molar-refractivity contribution >= 4 is 16.9 Å². The van der Waals surface area contributed by atoms with Crippen molar-refractivity contribution in [2.45, 2.75) is 64.4 Å². The average molecular weight is 629 g/mol. The minimum Gasteiger partial charge on any atom is -0.496 e. The summed E-state index contributed by atoms with van der Waals surface area (Å²) in [4.78, 5) is 22.2. The maximum atomic E-state index is 12.4. The molecule has 244 valence electrons. The zero-order valence-corrected chi connectivity index (χ0v) is 27.1. The molecule has 1 aliphatic heterocycles. The van der Waals surface area contributed by atoms with Gasteiger partial charge in [-0.3, -0.25) is 4.98 Å². The molecule has 1 saturated heterocycles. The number of hydroxylamine groups is 2. The predicted octanol–water partition coefficient (Wildman–Crippen LogP) is 7.47. The molecule has 1 aromatic heterocycles. The zero-order valence-electron chi connectivity index (χ0n) is 27.1. The number of rotatable bonds is 13. The first-order valence-electron chi connectivity index (χ1n) is 15.8. The highest BCUT2D eigenvalue weighted by atomic mass is 16.8. The van der Waals surface area contributed by atoms with Crippen LogP contribution >= 0.6 is 0 Å². The molecule has 1 aliphatic rings. The van der Waals surface area contributed by atoms with E-state index in [1.165, 1.54) is 0 Å². The minimum atomic E-state index is -0.710. The van der Waals surface area contributed by atoms with Crippen molar-refractivity contribution in [2.24, 2.45) is 0 Å². The monoisotopic (exact) mass is 628 g/mol. The standard InChI is InChI=1S/C37H44N2O7/c1-37(2,3)45-36(40)46-39-19-17-33(35(24-39)44-25-27-10-11-28-16-18-38-23-31(28)22-27)29-12-14-32(15-13-29)43-21-7-20-42-26-30-8-5-6-9-34(30)41-4/h5-6,8-16,18,22-23,33,35H,7,17,19-21,24-26H2,1-4H3. The average Bonchev–Trinajstić information content (AvgIpc) is 3.05. The topological polar surface area (TPSA) is 88.6 Å². The Kier molecular flexibility index (Phi) is 11.5. The van der Waals surface area contributed by atoms with Gasteiger partial charge in [-0.05, 0) is 74.0 Å². The number of benzene rings is 3. The third-order valence-corrected chi connectivity index (χ3v) is 7.74. The number of aromatic nitrogens is 1. The molecule has 5 rings (SSSR count). The van der Waals surface area contributed by atoms with Crippen molar-refractivity contribution < 1.29 is 33.3 Å². The molecule has 0 amide bonds. The van der Waals surface area contributed by atoms with E-state index < -0.39 is 11.8 Å². The Morgan fingerprint density at radius 1 is 0.957 bits per heavy atom. The van der Waals surface area contributed by atoms with Gasteiger partial charge in [-0.1, -0.05) is 42.5 Å². The number of para-hydroxylation sites is 1. The smallest absolute Gasteiger partial charge is 0.496 e. The van der Waals surface area contributed by atoms with E-state index in [2.05, 4.69) is 35.3 Å². The zero-order chi connectivity index (χ0) is 32.4. The first-order chi connectivity index (χ1) is 22.3. The summed E-state index contributed by atoms with van der Waals surface area (Å²) in [5.41, 5.74) is 2.60. The van der Waals surface area contributed by atoms with Crippen LogP contribution in [0.15, 0.2) is 85.2 Å². The molecule has 9 heteroatoms. The van der Waals surface area contributed by atoms with Gasteiger partial charge in [0.25, 0.3) is 0 Å². The summed E-state index contributed by atoms with van der Waals surface area (Å²) in [5, 5.41) is 3.85. The van der Waals surface area contributed by atoms with Crippen molar-refractivity contribution in [3.8, 4) is 11.5 Å². The Labute approximate surface area is 271 Å². The SMILES string of the molecule is COc1ccccc1COCCCOc1ccc(C2CCN(OC(=O)OC(C)(C)C)CC2OCc2ccc3ccncc3c2)cc1. The minimum absolute atomic E-state index is 0.109. The highest BCUT2D eigenvalue weighted by molar-refractivity contribution is 5.81. The lowest BCUT2D eigenvalue weighted by molar-refractivity contribution is -0.179. The molecule has 46 heavy (non-hydrogen) atoms. The lowest BCUT2D eigenvalue weighted by atomic mass is 9.87. The molecular weight excluding hydrogens is 584 g/mol. The molecule has 2 atom stereocenters. The molecule has 9 nitrogen and oxygen atoms in total. The number of hydrogen-bond acceptors (Lipinski definition) is 9. The maximum absolute atomic E-state index is 12.4.